The zero-order valence-electron chi connectivity index (χ0n) is 12.9. The minimum atomic E-state index is -0.183. The Hall–Kier alpha value is -1.84. The molecule has 0 atom stereocenters. The molecule has 0 aliphatic heterocycles. The van der Waals surface area contributed by atoms with Crippen molar-refractivity contribution in [3.05, 3.63) is 29.8 Å². The summed E-state index contributed by atoms with van der Waals surface area (Å²) in [7, 11) is 0. The maximum absolute atomic E-state index is 8.92. The van der Waals surface area contributed by atoms with Crippen molar-refractivity contribution in [1.29, 1.82) is 10.8 Å². The van der Waals surface area contributed by atoms with E-state index < -0.39 is 0 Å². The molecule has 3 aliphatic rings. The summed E-state index contributed by atoms with van der Waals surface area (Å²) in [6.07, 6.45) is 7.74. The molecule has 0 saturated heterocycles. The first-order valence-electron chi connectivity index (χ1n) is 8.44. The van der Waals surface area contributed by atoms with Gasteiger partial charge in [-0.2, -0.15) is 0 Å². The van der Waals surface area contributed by atoms with Gasteiger partial charge in [0, 0.05) is 17.6 Å². The fraction of sp³-hybridized carbons (Fsp3) is 0.556. The Bertz CT molecular complexity index is 606. The molecule has 3 saturated carbocycles. The molecule has 4 heteroatoms. The van der Waals surface area contributed by atoms with Crippen LogP contribution >= 0.6 is 0 Å². The van der Waals surface area contributed by atoms with Crippen LogP contribution in [0.3, 0.4) is 0 Å². The molecular weight excluding hydrogens is 272 g/mol. The molecule has 4 N–H and O–H groups in total. The van der Waals surface area contributed by atoms with Gasteiger partial charge in [0.1, 0.15) is 11.7 Å². The number of nitrogens with two attached hydrogens (primary N) is 1. The van der Waals surface area contributed by atoms with E-state index in [9.17, 15) is 0 Å². The lowest BCUT2D eigenvalue weighted by molar-refractivity contribution is 0.310. The van der Waals surface area contributed by atoms with Crippen molar-refractivity contribution in [3.8, 4) is 0 Å². The van der Waals surface area contributed by atoms with E-state index >= 15 is 0 Å². The summed E-state index contributed by atoms with van der Waals surface area (Å²) in [5, 5.41) is 17.4. The Balaban J connectivity index is 1.65. The maximum Gasteiger partial charge on any atom is 0.112 e. The Labute approximate surface area is 131 Å². The largest absolute Gasteiger partial charge is 0.399 e. The third kappa shape index (κ3) is 2.13. The number of amidine groups is 2. The van der Waals surface area contributed by atoms with E-state index in [4.69, 9.17) is 16.6 Å². The standard InChI is InChI=1S/C18H24N4/c19-14-6-4-13(5-7-14)18(10-1-11-18)17(21)22(15-8-9-15)16(20)12-2-3-12/h4-7,12,15,20-21H,1-3,8-11,19H2. The molecule has 4 nitrogen and oxygen atoms in total. The number of rotatable bonds is 4. The SMILES string of the molecule is N=C(C1CC1)N(C(=N)C1(c2ccc(N)cc2)CCC1)C1CC1. The van der Waals surface area contributed by atoms with Gasteiger partial charge in [-0.1, -0.05) is 18.6 Å². The summed E-state index contributed by atoms with van der Waals surface area (Å²) in [5.41, 5.74) is 7.61. The topological polar surface area (TPSA) is 77.0 Å². The summed E-state index contributed by atoms with van der Waals surface area (Å²) in [4.78, 5) is 2.08. The number of nitrogens with one attached hydrogen (secondary N) is 2. The van der Waals surface area contributed by atoms with E-state index in [0.717, 1.165) is 44.2 Å². The van der Waals surface area contributed by atoms with Gasteiger partial charge in [-0.05, 0) is 56.2 Å². The number of hydrogen-bond acceptors (Lipinski definition) is 3. The van der Waals surface area contributed by atoms with E-state index in [1.54, 1.807) is 0 Å². The third-order valence-corrected chi connectivity index (χ3v) is 5.50. The van der Waals surface area contributed by atoms with Crippen LogP contribution in [0, 0.1) is 16.7 Å². The van der Waals surface area contributed by atoms with Crippen LogP contribution in [-0.2, 0) is 5.41 Å². The van der Waals surface area contributed by atoms with Gasteiger partial charge in [0.05, 0.1) is 5.41 Å². The lowest BCUT2D eigenvalue weighted by atomic mass is 9.63. The van der Waals surface area contributed by atoms with E-state index in [1.807, 2.05) is 12.1 Å². The van der Waals surface area contributed by atoms with Crippen LogP contribution in [-0.4, -0.2) is 22.6 Å². The summed E-state index contributed by atoms with van der Waals surface area (Å²) in [6, 6.07) is 8.45. The highest BCUT2D eigenvalue weighted by Crippen LogP contribution is 2.48. The number of nitrogen functional groups attached to an aromatic ring is 1. The molecule has 0 spiro atoms. The molecule has 4 rings (SSSR count). The molecule has 0 heterocycles. The van der Waals surface area contributed by atoms with Crippen molar-refractivity contribution in [2.24, 2.45) is 5.92 Å². The Morgan fingerprint density at radius 1 is 1.05 bits per heavy atom. The number of anilines is 1. The minimum Gasteiger partial charge on any atom is -0.399 e. The lowest BCUT2D eigenvalue weighted by Crippen LogP contribution is -2.53. The molecule has 0 amide bonds. The first-order valence-corrected chi connectivity index (χ1v) is 8.44. The fourth-order valence-electron chi connectivity index (χ4n) is 3.61. The molecule has 22 heavy (non-hydrogen) atoms. The highest BCUT2D eigenvalue weighted by atomic mass is 15.3. The quantitative estimate of drug-likeness (QED) is 0.451. The van der Waals surface area contributed by atoms with Crippen LogP contribution in [0.15, 0.2) is 24.3 Å². The Morgan fingerprint density at radius 3 is 2.14 bits per heavy atom. The van der Waals surface area contributed by atoms with Gasteiger partial charge < -0.3 is 10.6 Å². The number of hydrogen-bond donors (Lipinski definition) is 3. The van der Waals surface area contributed by atoms with Crippen LogP contribution in [0.25, 0.3) is 0 Å². The van der Waals surface area contributed by atoms with Crippen LogP contribution in [0.4, 0.5) is 5.69 Å². The van der Waals surface area contributed by atoms with Gasteiger partial charge in [-0.25, -0.2) is 0 Å². The van der Waals surface area contributed by atoms with Gasteiger partial charge in [-0.3, -0.25) is 10.8 Å². The predicted molar refractivity (Wildman–Crippen MR) is 89.4 cm³/mol. The monoisotopic (exact) mass is 296 g/mol. The second kappa shape index (κ2) is 4.83. The first kappa shape index (κ1) is 13.8. The Morgan fingerprint density at radius 2 is 1.68 bits per heavy atom. The van der Waals surface area contributed by atoms with Crippen molar-refractivity contribution >= 4 is 17.4 Å². The lowest BCUT2D eigenvalue weighted by Gasteiger charge is -2.46. The zero-order chi connectivity index (χ0) is 15.3. The van der Waals surface area contributed by atoms with Crippen molar-refractivity contribution in [1.82, 2.24) is 4.90 Å². The van der Waals surface area contributed by atoms with Gasteiger partial charge in [-0.15, -0.1) is 0 Å². The fourth-order valence-corrected chi connectivity index (χ4v) is 3.61. The van der Waals surface area contributed by atoms with E-state index in [2.05, 4.69) is 17.0 Å². The summed E-state index contributed by atoms with van der Waals surface area (Å²) >= 11 is 0. The summed E-state index contributed by atoms with van der Waals surface area (Å²) in [5.74, 6) is 1.78. The van der Waals surface area contributed by atoms with Crippen LogP contribution in [0.2, 0.25) is 0 Å². The highest BCUT2D eigenvalue weighted by molar-refractivity contribution is 6.05. The van der Waals surface area contributed by atoms with Gasteiger partial charge >= 0.3 is 0 Å². The van der Waals surface area contributed by atoms with Crippen molar-refractivity contribution in [3.63, 3.8) is 0 Å². The normalized spacial score (nSPS) is 22.7. The molecule has 116 valence electrons. The zero-order valence-corrected chi connectivity index (χ0v) is 12.9. The minimum absolute atomic E-state index is 0.183. The summed E-state index contributed by atoms with van der Waals surface area (Å²) in [6.45, 7) is 0. The van der Waals surface area contributed by atoms with Crippen LogP contribution < -0.4 is 5.73 Å². The molecule has 0 bridgehead atoms. The smallest absolute Gasteiger partial charge is 0.112 e. The summed E-state index contributed by atoms with van der Waals surface area (Å²) < 4.78 is 0. The Kier molecular flexibility index (Phi) is 3.03. The van der Waals surface area contributed by atoms with Crippen molar-refractivity contribution in [2.75, 3.05) is 5.73 Å². The van der Waals surface area contributed by atoms with E-state index in [0.29, 0.717) is 23.6 Å². The first-order chi connectivity index (χ1) is 10.6. The molecule has 0 unspecified atom stereocenters. The highest BCUT2D eigenvalue weighted by Gasteiger charge is 2.50. The molecule has 1 aromatic rings. The third-order valence-electron chi connectivity index (χ3n) is 5.50. The maximum atomic E-state index is 8.92. The molecule has 0 aromatic heterocycles. The molecule has 3 fully saturated rings. The second-order valence-electron chi connectivity index (χ2n) is 7.17. The predicted octanol–water partition coefficient (Wildman–Crippen LogP) is 3.52. The number of nitrogens with zero attached hydrogens (tertiary/aromatic N) is 1. The molecule has 1 aromatic carbocycles. The molecule has 0 radical (unpaired) electrons. The average Bonchev–Trinajstić information content (AvgIpc) is 3.33. The van der Waals surface area contributed by atoms with Gasteiger partial charge in [0.15, 0.2) is 0 Å². The molecule has 3 aliphatic carbocycles. The van der Waals surface area contributed by atoms with Crippen molar-refractivity contribution < 1.29 is 0 Å². The van der Waals surface area contributed by atoms with Gasteiger partial charge in [0.25, 0.3) is 0 Å². The van der Waals surface area contributed by atoms with E-state index in [1.165, 1.54) is 12.0 Å². The second-order valence-corrected chi connectivity index (χ2v) is 7.17. The van der Waals surface area contributed by atoms with Crippen molar-refractivity contribution in [2.45, 2.75) is 56.4 Å². The van der Waals surface area contributed by atoms with E-state index in [-0.39, 0.29) is 5.41 Å². The average molecular weight is 296 g/mol. The van der Waals surface area contributed by atoms with Gasteiger partial charge in [0.2, 0.25) is 0 Å². The molecular formula is C18H24N4. The van der Waals surface area contributed by atoms with Crippen LogP contribution in [0.1, 0.15) is 50.5 Å². The van der Waals surface area contributed by atoms with Crippen LogP contribution in [0.5, 0.6) is 0 Å². The number of benzene rings is 1.